The van der Waals surface area contributed by atoms with E-state index in [2.05, 4.69) is 26.5 Å². The molecule has 0 unspecified atom stereocenters. The Morgan fingerprint density at radius 2 is 1.57 bits per heavy atom. The van der Waals surface area contributed by atoms with E-state index in [1.165, 1.54) is 39.7 Å². The minimum absolute atomic E-state index is 0.249. The van der Waals surface area contributed by atoms with Crippen LogP contribution in [0.1, 0.15) is 39.6 Å². The molecule has 0 heterocycles. The van der Waals surface area contributed by atoms with E-state index in [0.717, 1.165) is 10.9 Å². The van der Waals surface area contributed by atoms with E-state index in [0.29, 0.717) is 40.7 Å². The third-order valence-electron chi connectivity index (χ3n) is 5.03. The van der Waals surface area contributed by atoms with Crippen LogP contribution in [0, 0.1) is 0 Å². The van der Waals surface area contributed by atoms with Crippen LogP contribution in [-0.2, 0) is 0 Å². The number of nitrogens with one attached hydrogen (secondary N) is 1. The van der Waals surface area contributed by atoms with Crippen LogP contribution in [0.5, 0.6) is 28.7 Å². The molecular weight excluding hydrogens is 544 g/mol. The summed E-state index contributed by atoms with van der Waals surface area (Å²) in [6.45, 7) is 2.62. The van der Waals surface area contributed by atoms with Crippen molar-refractivity contribution in [3.63, 3.8) is 0 Å². The van der Waals surface area contributed by atoms with Crippen LogP contribution in [-0.4, -0.2) is 46.0 Å². The quantitative estimate of drug-likeness (QED) is 0.145. The second kappa shape index (κ2) is 13.3. The Hall–Kier alpha value is -4.05. The van der Waals surface area contributed by atoms with E-state index in [-0.39, 0.29) is 11.3 Å². The summed E-state index contributed by atoms with van der Waals surface area (Å²) >= 11 is 3.40. The minimum atomic E-state index is -0.541. The minimum Gasteiger partial charge on any atom is -0.494 e. The van der Waals surface area contributed by atoms with E-state index in [9.17, 15) is 9.59 Å². The Bertz CT molecular complexity index is 1250. The number of methoxy groups -OCH3 is 3. The standard InChI is InChI=1S/C27H27BrN2O7/c1-5-12-36-21-9-6-17(7-10-21)27(32)37-22-11-8-20(28)13-19(22)16-29-30-26(31)18-14-23(33-2)25(35-4)24(15-18)34-3/h6-11,13-16H,5,12H2,1-4H3,(H,30,31). The molecule has 0 atom stereocenters. The number of carbonyl (C=O) groups is 2. The molecule has 0 fully saturated rings. The lowest BCUT2D eigenvalue weighted by atomic mass is 10.1. The average molecular weight is 571 g/mol. The lowest BCUT2D eigenvalue weighted by Gasteiger charge is -2.13. The molecule has 37 heavy (non-hydrogen) atoms. The van der Waals surface area contributed by atoms with Crippen molar-refractivity contribution in [3.05, 3.63) is 75.8 Å². The fraction of sp³-hybridized carbons (Fsp3) is 0.222. The topological polar surface area (TPSA) is 105 Å². The molecule has 0 aliphatic heterocycles. The van der Waals surface area contributed by atoms with Gasteiger partial charge < -0.3 is 23.7 Å². The monoisotopic (exact) mass is 570 g/mol. The van der Waals surface area contributed by atoms with Gasteiger partial charge in [-0.2, -0.15) is 5.10 Å². The fourth-order valence-electron chi connectivity index (χ4n) is 3.22. The van der Waals surface area contributed by atoms with Gasteiger partial charge >= 0.3 is 5.97 Å². The molecule has 0 saturated heterocycles. The summed E-state index contributed by atoms with van der Waals surface area (Å²) in [5.74, 6) is 0.941. The lowest BCUT2D eigenvalue weighted by Crippen LogP contribution is -2.18. The maximum Gasteiger partial charge on any atom is 0.343 e. The van der Waals surface area contributed by atoms with Crippen molar-refractivity contribution in [2.75, 3.05) is 27.9 Å². The number of hydrazone groups is 1. The molecule has 0 aromatic heterocycles. The van der Waals surface area contributed by atoms with Crippen LogP contribution < -0.4 is 29.1 Å². The number of halogens is 1. The molecular formula is C27H27BrN2O7. The number of benzene rings is 3. The highest BCUT2D eigenvalue weighted by Crippen LogP contribution is 2.38. The van der Waals surface area contributed by atoms with Gasteiger partial charge in [0.25, 0.3) is 5.91 Å². The van der Waals surface area contributed by atoms with Crippen LogP contribution in [0.25, 0.3) is 0 Å². The van der Waals surface area contributed by atoms with Crippen molar-refractivity contribution in [3.8, 4) is 28.7 Å². The van der Waals surface area contributed by atoms with E-state index in [1.807, 2.05) is 6.92 Å². The molecule has 0 aliphatic rings. The summed E-state index contributed by atoms with van der Waals surface area (Å²) in [4.78, 5) is 25.4. The van der Waals surface area contributed by atoms with E-state index < -0.39 is 11.9 Å². The van der Waals surface area contributed by atoms with Crippen molar-refractivity contribution in [1.29, 1.82) is 0 Å². The Labute approximate surface area is 223 Å². The highest BCUT2D eigenvalue weighted by Gasteiger charge is 2.17. The summed E-state index contributed by atoms with van der Waals surface area (Å²) in [5.41, 5.74) is 3.53. The van der Waals surface area contributed by atoms with Crippen LogP contribution >= 0.6 is 15.9 Å². The molecule has 0 radical (unpaired) electrons. The largest absolute Gasteiger partial charge is 0.494 e. The highest BCUT2D eigenvalue weighted by molar-refractivity contribution is 9.10. The maximum absolute atomic E-state index is 12.7. The molecule has 3 aromatic rings. The number of rotatable bonds is 11. The average Bonchev–Trinajstić information content (AvgIpc) is 2.92. The molecule has 1 amide bonds. The van der Waals surface area contributed by atoms with Crippen LogP contribution in [0.4, 0.5) is 0 Å². The molecule has 0 bridgehead atoms. The first-order valence-electron chi connectivity index (χ1n) is 11.3. The molecule has 9 nitrogen and oxygen atoms in total. The molecule has 0 aliphatic carbocycles. The highest BCUT2D eigenvalue weighted by atomic mass is 79.9. The van der Waals surface area contributed by atoms with Crippen molar-refractivity contribution >= 4 is 34.0 Å². The van der Waals surface area contributed by atoms with E-state index >= 15 is 0 Å². The number of nitrogens with zero attached hydrogens (tertiary/aromatic N) is 1. The van der Waals surface area contributed by atoms with Crippen molar-refractivity contribution in [2.24, 2.45) is 5.10 Å². The number of amides is 1. The Kier molecular flexibility index (Phi) is 9.91. The van der Waals surface area contributed by atoms with Gasteiger partial charge in [-0.3, -0.25) is 4.79 Å². The summed E-state index contributed by atoms with van der Waals surface area (Å²) in [5, 5.41) is 4.03. The number of hydrogen-bond acceptors (Lipinski definition) is 8. The van der Waals surface area contributed by atoms with Crippen molar-refractivity contribution in [1.82, 2.24) is 5.43 Å². The Morgan fingerprint density at radius 1 is 0.892 bits per heavy atom. The van der Waals surface area contributed by atoms with Crippen LogP contribution in [0.3, 0.4) is 0 Å². The summed E-state index contributed by atoms with van der Waals surface area (Å²) in [6, 6.07) is 14.8. The van der Waals surface area contributed by atoms with Gasteiger partial charge in [-0.1, -0.05) is 22.9 Å². The molecule has 3 aromatic carbocycles. The molecule has 0 saturated carbocycles. The second-order valence-corrected chi connectivity index (χ2v) is 8.47. The maximum atomic E-state index is 12.7. The zero-order valence-corrected chi connectivity index (χ0v) is 22.5. The molecule has 1 N–H and O–H groups in total. The summed E-state index contributed by atoms with van der Waals surface area (Å²) in [6.07, 6.45) is 2.27. The Morgan fingerprint density at radius 3 is 2.16 bits per heavy atom. The summed E-state index contributed by atoms with van der Waals surface area (Å²) < 4.78 is 27.7. The van der Waals surface area contributed by atoms with Crippen molar-refractivity contribution < 1.29 is 33.3 Å². The first kappa shape index (κ1) is 27.5. The van der Waals surface area contributed by atoms with Gasteiger partial charge in [-0.05, 0) is 61.0 Å². The predicted molar refractivity (Wildman–Crippen MR) is 142 cm³/mol. The SMILES string of the molecule is CCCOc1ccc(C(=O)Oc2ccc(Br)cc2C=NNC(=O)c2cc(OC)c(OC)c(OC)c2)cc1. The summed E-state index contributed by atoms with van der Waals surface area (Å²) in [7, 11) is 4.40. The van der Waals surface area contributed by atoms with Crippen LogP contribution in [0.15, 0.2) is 64.2 Å². The molecule has 194 valence electrons. The van der Waals surface area contributed by atoms with Gasteiger partial charge in [0, 0.05) is 15.6 Å². The first-order valence-corrected chi connectivity index (χ1v) is 12.1. The van der Waals surface area contributed by atoms with Crippen molar-refractivity contribution in [2.45, 2.75) is 13.3 Å². The zero-order chi connectivity index (χ0) is 26.8. The Balaban J connectivity index is 1.74. The van der Waals surface area contributed by atoms with Gasteiger partial charge in [0.15, 0.2) is 11.5 Å². The predicted octanol–water partition coefficient (Wildman–Crippen LogP) is 5.25. The van der Waals surface area contributed by atoms with E-state index in [4.69, 9.17) is 23.7 Å². The molecule has 10 heteroatoms. The second-order valence-electron chi connectivity index (χ2n) is 7.56. The van der Waals surface area contributed by atoms with Crippen LogP contribution in [0.2, 0.25) is 0 Å². The van der Waals surface area contributed by atoms with Gasteiger partial charge in [-0.15, -0.1) is 0 Å². The van der Waals surface area contributed by atoms with Gasteiger partial charge in [0.1, 0.15) is 11.5 Å². The molecule has 0 spiro atoms. The van der Waals surface area contributed by atoms with Gasteiger partial charge in [-0.25, -0.2) is 10.2 Å². The number of ether oxygens (including phenoxy) is 5. The van der Waals surface area contributed by atoms with Gasteiger partial charge in [0.05, 0.1) is 39.7 Å². The third-order valence-corrected chi connectivity index (χ3v) is 5.53. The third kappa shape index (κ3) is 7.23. The normalized spacial score (nSPS) is 10.6. The number of carbonyl (C=O) groups excluding carboxylic acids is 2. The smallest absolute Gasteiger partial charge is 0.343 e. The van der Waals surface area contributed by atoms with E-state index in [1.54, 1.807) is 42.5 Å². The molecule has 3 rings (SSSR count). The number of esters is 1. The number of hydrogen-bond donors (Lipinski definition) is 1. The zero-order valence-electron chi connectivity index (χ0n) is 20.9. The fourth-order valence-corrected chi connectivity index (χ4v) is 3.60. The first-order chi connectivity index (χ1) is 17.9. The van der Waals surface area contributed by atoms with Gasteiger partial charge in [0.2, 0.25) is 5.75 Å². The lowest BCUT2D eigenvalue weighted by molar-refractivity contribution is 0.0734.